The van der Waals surface area contributed by atoms with Gasteiger partial charge in [-0.2, -0.15) is 0 Å². The summed E-state index contributed by atoms with van der Waals surface area (Å²) in [7, 11) is 0. The highest BCUT2D eigenvalue weighted by Crippen LogP contribution is 2.17. The molecule has 118 valence electrons. The zero-order valence-electron chi connectivity index (χ0n) is 13.9. The third-order valence-corrected chi connectivity index (χ3v) is 4.68. The molecule has 1 fully saturated rings. The van der Waals surface area contributed by atoms with E-state index in [0.717, 1.165) is 12.0 Å². The Bertz CT molecular complexity index is 376. The van der Waals surface area contributed by atoms with Crippen LogP contribution in [0.3, 0.4) is 0 Å². The molecule has 0 radical (unpaired) electrons. The standard InChI is InChI=1S/C19H32N2/c1-3-13-20-19-12-15-21(16-17(19)2)14-8-7-11-18-9-5-4-6-10-18/h4-6,9-10,17,19-20H,3,7-8,11-16H2,1-2H3. The Balaban J connectivity index is 1.60. The first-order valence-corrected chi connectivity index (χ1v) is 8.79. The van der Waals surface area contributed by atoms with Gasteiger partial charge < -0.3 is 10.2 Å². The highest BCUT2D eigenvalue weighted by atomic mass is 15.1. The van der Waals surface area contributed by atoms with Crippen molar-refractivity contribution in [1.82, 2.24) is 10.2 Å². The Hall–Kier alpha value is -0.860. The molecule has 1 aromatic rings. The van der Waals surface area contributed by atoms with Crippen LogP contribution in [0.4, 0.5) is 0 Å². The van der Waals surface area contributed by atoms with Gasteiger partial charge in [0.05, 0.1) is 0 Å². The fourth-order valence-electron chi connectivity index (χ4n) is 3.38. The van der Waals surface area contributed by atoms with Crippen LogP contribution in [0.5, 0.6) is 0 Å². The van der Waals surface area contributed by atoms with E-state index in [-0.39, 0.29) is 0 Å². The fourth-order valence-corrected chi connectivity index (χ4v) is 3.38. The zero-order valence-corrected chi connectivity index (χ0v) is 13.9. The van der Waals surface area contributed by atoms with E-state index in [9.17, 15) is 0 Å². The van der Waals surface area contributed by atoms with Crippen LogP contribution in [0.15, 0.2) is 30.3 Å². The average Bonchev–Trinajstić information content (AvgIpc) is 2.52. The molecule has 1 aromatic carbocycles. The molecule has 0 aliphatic carbocycles. The lowest BCUT2D eigenvalue weighted by molar-refractivity contribution is 0.145. The van der Waals surface area contributed by atoms with E-state index in [0.29, 0.717) is 0 Å². The number of likely N-dealkylation sites (tertiary alicyclic amines) is 1. The number of nitrogens with one attached hydrogen (secondary N) is 1. The predicted molar refractivity (Wildman–Crippen MR) is 91.7 cm³/mol. The van der Waals surface area contributed by atoms with Crippen LogP contribution >= 0.6 is 0 Å². The Labute approximate surface area is 130 Å². The molecule has 0 aromatic heterocycles. The number of hydrogen-bond donors (Lipinski definition) is 1. The Morgan fingerprint density at radius 2 is 2.00 bits per heavy atom. The lowest BCUT2D eigenvalue weighted by Crippen LogP contribution is -2.48. The number of nitrogens with zero attached hydrogens (tertiary/aromatic N) is 1. The van der Waals surface area contributed by atoms with Gasteiger partial charge in [0.15, 0.2) is 0 Å². The Kier molecular flexibility index (Phi) is 7.25. The molecule has 1 N–H and O–H groups in total. The predicted octanol–water partition coefficient (Wildman–Crippen LogP) is 3.72. The zero-order chi connectivity index (χ0) is 14.9. The van der Waals surface area contributed by atoms with E-state index in [2.05, 4.69) is 54.4 Å². The van der Waals surface area contributed by atoms with Crippen LogP contribution < -0.4 is 5.32 Å². The van der Waals surface area contributed by atoms with Gasteiger partial charge in [-0.15, -0.1) is 0 Å². The fraction of sp³-hybridized carbons (Fsp3) is 0.684. The minimum atomic E-state index is 0.741. The molecular weight excluding hydrogens is 256 g/mol. The third kappa shape index (κ3) is 5.80. The van der Waals surface area contributed by atoms with E-state index >= 15 is 0 Å². The van der Waals surface area contributed by atoms with Gasteiger partial charge in [-0.1, -0.05) is 44.2 Å². The third-order valence-electron chi connectivity index (χ3n) is 4.68. The maximum Gasteiger partial charge on any atom is 0.0117 e. The molecule has 2 rings (SSSR count). The summed E-state index contributed by atoms with van der Waals surface area (Å²) in [6, 6.07) is 11.6. The molecule has 1 aliphatic rings. The van der Waals surface area contributed by atoms with Crippen molar-refractivity contribution in [3.8, 4) is 0 Å². The van der Waals surface area contributed by atoms with Gasteiger partial charge in [-0.25, -0.2) is 0 Å². The van der Waals surface area contributed by atoms with Crippen molar-refractivity contribution in [1.29, 1.82) is 0 Å². The number of unbranched alkanes of at least 4 members (excludes halogenated alkanes) is 1. The molecule has 21 heavy (non-hydrogen) atoms. The normalized spacial score (nSPS) is 23.3. The molecule has 2 heteroatoms. The van der Waals surface area contributed by atoms with Crippen molar-refractivity contribution in [2.24, 2.45) is 5.92 Å². The van der Waals surface area contributed by atoms with Crippen LogP contribution in [0, 0.1) is 5.92 Å². The Morgan fingerprint density at radius 3 is 2.71 bits per heavy atom. The van der Waals surface area contributed by atoms with Gasteiger partial charge in [0.25, 0.3) is 0 Å². The molecule has 1 aliphatic heterocycles. The first-order valence-electron chi connectivity index (χ1n) is 8.79. The summed E-state index contributed by atoms with van der Waals surface area (Å²) in [5.74, 6) is 0.791. The Morgan fingerprint density at radius 1 is 1.19 bits per heavy atom. The van der Waals surface area contributed by atoms with E-state index in [4.69, 9.17) is 0 Å². The van der Waals surface area contributed by atoms with Crippen LogP contribution in [0.2, 0.25) is 0 Å². The smallest absolute Gasteiger partial charge is 0.0117 e. The molecule has 1 saturated heterocycles. The summed E-state index contributed by atoms with van der Waals surface area (Å²) in [5.41, 5.74) is 1.48. The van der Waals surface area contributed by atoms with Gasteiger partial charge >= 0.3 is 0 Å². The van der Waals surface area contributed by atoms with Crippen molar-refractivity contribution in [2.75, 3.05) is 26.2 Å². The van der Waals surface area contributed by atoms with Crippen molar-refractivity contribution in [2.45, 2.75) is 52.0 Å². The summed E-state index contributed by atoms with van der Waals surface area (Å²) in [6.45, 7) is 9.65. The minimum absolute atomic E-state index is 0.741. The first kappa shape index (κ1) is 16.5. The lowest BCUT2D eigenvalue weighted by Gasteiger charge is -2.37. The molecule has 1 heterocycles. The summed E-state index contributed by atoms with van der Waals surface area (Å²) in [6.07, 6.45) is 6.43. The maximum absolute atomic E-state index is 3.70. The van der Waals surface area contributed by atoms with Gasteiger partial charge in [-0.3, -0.25) is 0 Å². The van der Waals surface area contributed by atoms with Gasteiger partial charge in [0, 0.05) is 12.6 Å². The molecule has 0 amide bonds. The second kappa shape index (κ2) is 9.22. The largest absolute Gasteiger partial charge is 0.314 e. The lowest BCUT2D eigenvalue weighted by atomic mass is 9.93. The second-order valence-corrected chi connectivity index (χ2v) is 6.57. The van der Waals surface area contributed by atoms with Gasteiger partial charge in [-0.05, 0) is 63.2 Å². The monoisotopic (exact) mass is 288 g/mol. The SMILES string of the molecule is CCCNC1CCN(CCCCc2ccccc2)CC1C. The van der Waals surface area contributed by atoms with E-state index in [1.54, 1.807) is 0 Å². The van der Waals surface area contributed by atoms with Crippen LogP contribution in [-0.4, -0.2) is 37.1 Å². The average molecular weight is 288 g/mol. The first-order chi connectivity index (χ1) is 10.3. The number of benzene rings is 1. The van der Waals surface area contributed by atoms with Crippen molar-refractivity contribution >= 4 is 0 Å². The van der Waals surface area contributed by atoms with Gasteiger partial charge in [0.1, 0.15) is 0 Å². The van der Waals surface area contributed by atoms with E-state index in [1.165, 1.54) is 63.8 Å². The number of piperidine rings is 1. The van der Waals surface area contributed by atoms with Gasteiger partial charge in [0.2, 0.25) is 0 Å². The molecule has 2 unspecified atom stereocenters. The van der Waals surface area contributed by atoms with Crippen LogP contribution in [0.25, 0.3) is 0 Å². The van der Waals surface area contributed by atoms with E-state index in [1.807, 2.05) is 0 Å². The van der Waals surface area contributed by atoms with Crippen molar-refractivity contribution in [3.05, 3.63) is 35.9 Å². The highest BCUT2D eigenvalue weighted by Gasteiger charge is 2.24. The van der Waals surface area contributed by atoms with E-state index < -0.39 is 0 Å². The highest BCUT2D eigenvalue weighted by molar-refractivity contribution is 5.14. The summed E-state index contributed by atoms with van der Waals surface area (Å²) >= 11 is 0. The molecule has 0 saturated carbocycles. The summed E-state index contributed by atoms with van der Waals surface area (Å²) < 4.78 is 0. The number of hydrogen-bond acceptors (Lipinski definition) is 2. The van der Waals surface area contributed by atoms with Crippen molar-refractivity contribution < 1.29 is 0 Å². The maximum atomic E-state index is 3.70. The molecule has 0 bridgehead atoms. The topological polar surface area (TPSA) is 15.3 Å². The molecular formula is C19H32N2. The molecule has 2 nitrogen and oxygen atoms in total. The minimum Gasteiger partial charge on any atom is -0.314 e. The van der Waals surface area contributed by atoms with Crippen molar-refractivity contribution in [3.63, 3.8) is 0 Å². The van der Waals surface area contributed by atoms with Crippen LogP contribution in [0.1, 0.15) is 45.1 Å². The summed E-state index contributed by atoms with van der Waals surface area (Å²) in [5, 5.41) is 3.70. The summed E-state index contributed by atoms with van der Waals surface area (Å²) in [4.78, 5) is 2.67. The quantitative estimate of drug-likeness (QED) is 0.733. The van der Waals surface area contributed by atoms with Crippen LogP contribution in [-0.2, 0) is 6.42 Å². The molecule has 0 spiro atoms. The number of rotatable bonds is 8. The molecule has 2 atom stereocenters. The number of aryl methyl sites for hydroxylation is 1. The second-order valence-electron chi connectivity index (χ2n) is 6.57.